The highest BCUT2D eigenvalue weighted by molar-refractivity contribution is 7.90. The molecule has 9 nitrogen and oxygen atoms in total. The van der Waals surface area contributed by atoms with Gasteiger partial charge in [-0.05, 0) is 92.0 Å². The first-order valence-electron chi connectivity index (χ1n) is 16.8. The molecule has 0 unspecified atom stereocenters. The molecule has 4 rings (SSSR count). The van der Waals surface area contributed by atoms with Crippen LogP contribution in [0.15, 0.2) is 48.8 Å². The number of sulfone groups is 1. The Morgan fingerprint density at radius 2 is 1.37 bits per heavy atom. The van der Waals surface area contributed by atoms with Crippen molar-refractivity contribution in [2.45, 2.75) is 70.6 Å². The zero-order valence-corrected chi connectivity index (χ0v) is 30.0. The van der Waals surface area contributed by atoms with E-state index < -0.39 is 69.7 Å². The number of ether oxygens (including phenoxy) is 1. The van der Waals surface area contributed by atoms with Crippen molar-refractivity contribution < 1.29 is 62.6 Å². The summed E-state index contributed by atoms with van der Waals surface area (Å²) in [7, 11) is -3.40. The van der Waals surface area contributed by atoms with Crippen LogP contribution in [-0.4, -0.2) is 61.2 Å². The van der Waals surface area contributed by atoms with Crippen LogP contribution < -0.4 is 14.5 Å². The SMILES string of the molecule is CCN(CC1CCC(CC(=O)O)CC1)c1ccc(C(F)(F)F)cc1CN(Cc1cc(C(F)(F)F)cc(C(F)(F)F)c1)c1ncc(OCCS(C)(=O)=O)cn1. The fourth-order valence-electron chi connectivity index (χ4n) is 6.36. The first-order chi connectivity index (χ1) is 25.0. The first kappa shape index (κ1) is 42.5. The van der Waals surface area contributed by atoms with E-state index in [-0.39, 0.29) is 53.9 Å². The number of halogens is 9. The topological polar surface area (TPSA) is 113 Å². The van der Waals surface area contributed by atoms with Crippen molar-refractivity contribution in [2.24, 2.45) is 11.8 Å². The fourth-order valence-corrected chi connectivity index (χ4v) is 6.75. The fraction of sp³-hybridized carbons (Fsp3) is 0.514. The molecule has 0 saturated heterocycles. The summed E-state index contributed by atoms with van der Waals surface area (Å²) in [6.45, 7) is 1.03. The molecule has 0 bridgehead atoms. The summed E-state index contributed by atoms with van der Waals surface area (Å²) in [5.74, 6) is -1.46. The molecule has 1 aliphatic rings. The Balaban J connectivity index is 1.76. The molecule has 298 valence electrons. The van der Waals surface area contributed by atoms with Crippen LogP contribution in [0.1, 0.15) is 66.8 Å². The molecule has 1 aliphatic carbocycles. The number of nitrogens with zero attached hydrogens (tertiary/aromatic N) is 4. The zero-order valence-electron chi connectivity index (χ0n) is 29.2. The molecule has 2 aromatic carbocycles. The van der Waals surface area contributed by atoms with Crippen LogP contribution in [0.25, 0.3) is 0 Å². The van der Waals surface area contributed by atoms with Gasteiger partial charge in [0.15, 0.2) is 15.6 Å². The molecule has 1 saturated carbocycles. The molecule has 0 amide bonds. The van der Waals surface area contributed by atoms with E-state index in [1.54, 1.807) is 6.92 Å². The molecule has 1 heterocycles. The maximum atomic E-state index is 14.1. The van der Waals surface area contributed by atoms with Gasteiger partial charge in [-0.3, -0.25) is 4.79 Å². The molecule has 3 aromatic rings. The van der Waals surface area contributed by atoms with Gasteiger partial charge in [-0.2, -0.15) is 39.5 Å². The smallest absolute Gasteiger partial charge is 0.416 e. The van der Waals surface area contributed by atoms with Gasteiger partial charge in [0.05, 0.1) is 34.8 Å². The quantitative estimate of drug-likeness (QED) is 0.152. The van der Waals surface area contributed by atoms with Crippen LogP contribution in [0.2, 0.25) is 0 Å². The van der Waals surface area contributed by atoms with Crippen LogP contribution >= 0.6 is 0 Å². The minimum Gasteiger partial charge on any atom is -0.489 e. The number of carbonyl (C=O) groups is 1. The molecule has 0 radical (unpaired) electrons. The maximum Gasteiger partial charge on any atom is 0.416 e. The molecule has 0 aliphatic heterocycles. The number of aliphatic carboxylic acids is 1. The number of benzene rings is 2. The molecule has 0 spiro atoms. The molecule has 1 fully saturated rings. The second-order valence-electron chi connectivity index (χ2n) is 13.3. The standard InChI is InChI=1S/C35H39F9N4O5S/c1-3-47(19-23-6-4-22(5-7-23)14-31(49)50)30-9-8-26(33(36,37)38)15-25(30)21-48(32-45-17-29(18-46-32)53-10-11-54(2,51)52)20-24-12-27(34(39,40)41)16-28(13-24)35(42,43)44/h8-9,12-13,15-18,22-23H,3-7,10-11,14,19-21H2,1-2H3,(H,49,50). The van der Waals surface area contributed by atoms with Crippen molar-refractivity contribution in [3.63, 3.8) is 0 Å². The highest BCUT2D eigenvalue weighted by Crippen LogP contribution is 2.39. The van der Waals surface area contributed by atoms with Gasteiger partial charge in [0, 0.05) is 44.5 Å². The van der Waals surface area contributed by atoms with Crippen molar-refractivity contribution in [3.05, 3.63) is 76.6 Å². The maximum absolute atomic E-state index is 14.1. The predicted molar refractivity (Wildman–Crippen MR) is 181 cm³/mol. The lowest BCUT2D eigenvalue weighted by Gasteiger charge is -2.35. The lowest BCUT2D eigenvalue weighted by atomic mass is 9.80. The predicted octanol–water partition coefficient (Wildman–Crippen LogP) is 8.27. The van der Waals surface area contributed by atoms with E-state index in [1.807, 2.05) is 4.90 Å². The Labute approximate surface area is 306 Å². The Kier molecular flexibility index (Phi) is 13.4. The third kappa shape index (κ3) is 12.4. The normalized spacial score (nSPS) is 16.9. The van der Waals surface area contributed by atoms with Gasteiger partial charge in [-0.15, -0.1) is 0 Å². The van der Waals surface area contributed by atoms with Gasteiger partial charge in [-0.25, -0.2) is 18.4 Å². The number of anilines is 2. The van der Waals surface area contributed by atoms with Crippen molar-refractivity contribution in [1.29, 1.82) is 0 Å². The van der Waals surface area contributed by atoms with Crippen LogP contribution in [-0.2, 0) is 46.3 Å². The van der Waals surface area contributed by atoms with E-state index in [0.29, 0.717) is 56.6 Å². The number of rotatable bonds is 15. The Morgan fingerprint density at radius 1 is 0.815 bits per heavy atom. The number of hydrogen-bond donors (Lipinski definition) is 1. The summed E-state index contributed by atoms with van der Waals surface area (Å²) >= 11 is 0. The lowest BCUT2D eigenvalue weighted by molar-refractivity contribution is -0.143. The van der Waals surface area contributed by atoms with Crippen molar-refractivity contribution in [1.82, 2.24) is 9.97 Å². The van der Waals surface area contributed by atoms with Crippen molar-refractivity contribution >= 4 is 27.4 Å². The van der Waals surface area contributed by atoms with Crippen LogP contribution in [0.5, 0.6) is 5.75 Å². The third-order valence-electron chi connectivity index (χ3n) is 9.04. The molecular weight excluding hydrogens is 759 g/mol. The Bertz CT molecular complexity index is 1810. The van der Waals surface area contributed by atoms with E-state index >= 15 is 0 Å². The van der Waals surface area contributed by atoms with E-state index in [2.05, 4.69) is 9.97 Å². The third-order valence-corrected chi connectivity index (χ3v) is 9.95. The van der Waals surface area contributed by atoms with E-state index in [4.69, 9.17) is 9.84 Å². The number of aromatic nitrogens is 2. The summed E-state index contributed by atoms with van der Waals surface area (Å²) in [5, 5.41) is 9.17. The van der Waals surface area contributed by atoms with Gasteiger partial charge < -0.3 is 19.6 Å². The minimum atomic E-state index is -5.16. The number of hydrogen-bond acceptors (Lipinski definition) is 8. The summed E-state index contributed by atoms with van der Waals surface area (Å²) in [4.78, 5) is 22.4. The Hall–Kier alpha value is -4.29. The molecule has 54 heavy (non-hydrogen) atoms. The van der Waals surface area contributed by atoms with E-state index in [0.717, 1.165) is 35.7 Å². The van der Waals surface area contributed by atoms with Gasteiger partial charge in [0.2, 0.25) is 5.95 Å². The molecule has 19 heteroatoms. The van der Waals surface area contributed by atoms with E-state index in [1.165, 1.54) is 6.07 Å². The first-order valence-corrected chi connectivity index (χ1v) is 18.9. The summed E-state index contributed by atoms with van der Waals surface area (Å²) in [5.41, 5.74) is -4.32. The largest absolute Gasteiger partial charge is 0.489 e. The average molecular weight is 799 g/mol. The van der Waals surface area contributed by atoms with Gasteiger partial charge in [0.1, 0.15) is 6.61 Å². The van der Waals surface area contributed by atoms with Gasteiger partial charge in [-0.1, -0.05) is 0 Å². The van der Waals surface area contributed by atoms with Crippen molar-refractivity contribution in [3.8, 4) is 5.75 Å². The van der Waals surface area contributed by atoms with Crippen LogP contribution in [0, 0.1) is 11.8 Å². The van der Waals surface area contributed by atoms with Gasteiger partial charge >= 0.3 is 24.5 Å². The number of carboxylic acids is 1. The molecule has 1 N–H and O–H groups in total. The monoisotopic (exact) mass is 798 g/mol. The summed E-state index contributed by atoms with van der Waals surface area (Å²) in [6.07, 6.45) is -9.24. The minimum absolute atomic E-state index is 0.00852. The molecule has 0 atom stereocenters. The lowest BCUT2D eigenvalue weighted by Crippen LogP contribution is -2.33. The number of carboxylic acid groups (broad SMARTS) is 1. The molecule has 1 aromatic heterocycles. The molecular formula is C35H39F9N4O5S. The van der Waals surface area contributed by atoms with Gasteiger partial charge in [0.25, 0.3) is 0 Å². The zero-order chi connectivity index (χ0) is 40.1. The highest BCUT2D eigenvalue weighted by Gasteiger charge is 2.37. The van der Waals surface area contributed by atoms with E-state index in [9.17, 15) is 52.7 Å². The van der Waals surface area contributed by atoms with Crippen molar-refractivity contribution in [2.75, 3.05) is 41.5 Å². The highest BCUT2D eigenvalue weighted by atomic mass is 32.2. The summed E-state index contributed by atoms with van der Waals surface area (Å²) < 4.78 is 153. The van der Waals surface area contributed by atoms with Crippen LogP contribution in [0.3, 0.4) is 0 Å². The Morgan fingerprint density at radius 3 is 1.87 bits per heavy atom. The average Bonchev–Trinajstić information content (AvgIpc) is 3.06. The second kappa shape index (κ2) is 17.0. The van der Waals surface area contributed by atoms with Crippen LogP contribution in [0.4, 0.5) is 51.1 Å². The summed E-state index contributed by atoms with van der Waals surface area (Å²) in [6, 6.07) is 4.00. The number of alkyl halides is 9. The second-order valence-corrected chi connectivity index (χ2v) is 15.6.